The maximum Gasteiger partial charge on any atom is 0.233 e. The first-order chi connectivity index (χ1) is 26.5. The van der Waals surface area contributed by atoms with E-state index in [-0.39, 0.29) is 5.91 Å². The zero-order valence-electron chi connectivity index (χ0n) is 32.8. The van der Waals surface area contributed by atoms with Crippen molar-refractivity contribution in [2.24, 2.45) is 5.73 Å². The van der Waals surface area contributed by atoms with E-state index in [9.17, 15) is 9.59 Å². The molecule has 2 aromatic carbocycles. The van der Waals surface area contributed by atoms with Crippen molar-refractivity contribution in [3.63, 3.8) is 0 Å². The molecule has 0 bridgehead atoms. The highest BCUT2D eigenvalue weighted by atomic mass is 16.5. The third kappa shape index (κ3) is 10.8. The molecule has 5 fully saturated rings. The smallest absolute Gasteiger partial charge is 0.233 e. The number of primary amides is 1. The van der Waals surface area contributed by atoms with Crippen LogP contribution in [0.25, 0.3) is 0 Å². The lowest BCUT2D eigenvalue weighted by Crippen LogP contribution is -2.49. The van der Waals surface area contributed by atoms with Crippen molar-refractivity contribution < 1.29 is 28.5 Å². The van der Waals surface area contributed by atoms with Gasteiger partial charge < -0.3 is 39.4 Å². The first kappa shape index (κ1) is 40.5. The lowest BCUT2D eigenvalue weighted by Gasteiger charge is -2.39. The molecule has 7 rings (SSSR count). The second-order valence-electron chi connectivity index (χ2n) is 16.0. The van der Waals surface area contributed by atoms with Gasteiger partial charge in [0.2, 0.25) is 11.8 Å². The number of rotatable bonds is 16. The van der Waals surface area contributed by atoms with E-state index in [2.05, 4.69) is 26.8 Å². The van der Waals surface area contributed by atoms with Gasteiger partial charge in [0.15, 0.2) is 0 Å². The number of hydrogen-bond acceptors (Lipinski definition) is 8. The number of likely N-dealkylation sites (tertiary alicyclic amines) is 3. The first-order valence-electron chi connectivity index (χ1n) is 21.1. The maximum absolute atomic E-state index is 13.4. The third-order valence-electron chi connectivity index (χ3n) is 12.5. The lowest BCUT2D eigenvalue weighted by atomic mass is 9.73. The van der Waals surface area contributed by atoms with Crippen LogP contribution in [0.5, 0.6) is 11.5 Å². The summed E-state index contributed by atoms with van der Waals surface area (Å²) < 4.78 is 22.8. The molecule has 298 valence electrons. The average Bonchev–Trinajstić information content (AvgIpc) is 4.05. The molecule has 10 heteroatoms. The van der Waals surface area contributed by atoms with Gasteiger partial charge in [0.05, 0.1) is 24.0 Å². The molecule has 10 nitrogen and oxygen atoms in total. The van der Waals surface area contributed by atoms with Crippen LogP contribution in [0.1, 0.15) is 101 Å². The van der Waals surface area contributed by atoms with Gasteiger partial charge in [0, 0.05) is 39.5 Å². The highest BCUT2D eigenvalue weighted by Gasteiger charge is 2.44. The molecular formula is C44H66N4O6. The van der Waals surface area contributed by atoms with Crippen LogP contribution < -0.4 is 15.2 Å². The molecule has 0 unspecified atom stereocenters. The largest absolute Gasteiger partial charge is 0.494 e. The number of amides is 2. The van der Waals surface area contributed by atoms with E-state index >= 15 is 0 Å². The van der Waals surface area contributed by atoms with E-state index in [1.807, 2.05) is 36.4 Å². The maximum atomic E-state index is 13.4. The Morgan fingerprint density at radius 1 is 0.556 bits per heavy atom. The standard InChI is InChI=1S/C24H36N2O3.C20H30N2O3/c27-23(26-16-3-4-17-26)24(11-19-28-20-12-24)21-7-9-22(10-8-21)29-18-6-5-15-25-13-1-2-14-25;21-19(23)20(9-15-24-16-10-20)17-5-7-18(8-6-17)25-14-4-3-13-22-11-1-2-12-22/h7-10H,1-6,11-20H2;5-8H,1-4,9-16H2,(H2,21,23). The molecule has 5 saturated heterocycles. The highest BCUT2D eigenvalue weighted by molar-refractivity contribution is 5.89. The molecule has 0 aliphatic carbocycles. The van der Waals surface area contributed by atoms with Crippen LogP contribution in [0.4, 0.5) is 0 Å². The van der Waals surface area contributed by atoms with E-state index in [0.717, 1.165) is 87.5 Å². The number of carbonyl (C=O) groups excluding carboxylic acids is 2. The molecule has 5 heterocycles. The predicted octanol–water partition coefficient (Wildman–Crippen LogP) is 6.09. The van der Waals surface area contributed by atoms with Gasteiger partial charge in [-0.05, 0) is 165 Å². The minimum atomic E-state index is -0.591. The Kier molecular flexibility index (Phi) is 15.5. The van der Waals surface area contributed by atoms with Crippen molar-refractivity contribution in [1.82, 2.24) is 14.7 Å². The van der Waals surface area contributed by atoms with E-state index in [1.54, 1.807) is 0 Å². The zero-order valence-corrected chi connectivity index (χ0v) is 32.8. The zero-order chi connectivity index (χ0) is 37.5. The Morgan fingerprint density at radius 2 is 0.944 bits per heavy atom. The minimum absolute atomic E-state index is 0.258. The molecule has 5 aliphatic heterocycles. The van der Waals surface area contributed by atoms with Crippen LogP contribution in [0.2, 0.25) is 0 Å². The Labute approximate surface area is 324 Å². The lowest BCUT2D eigenvalue weighted by molar-refractivity contribution is -0.140. The van der Waals surface area contributed by atoms with Gasteiger partial charge in [-0.25, -0.2) is 0 Å². The molecular weight excluding hydrogens is 681 g/mol. The molecule has 2 N–H and O–H groups in total. The van der Waals surface area contributed by atoms with Crippen LogP contribution in [-0.2, 0) is 29.9 Å². The van der Waals surface area contributed by atoms with Crippen molar-refractivity contribution in [2.45, 2.75) is 101 Å². The number of nitrogens with two attached hydrogens (primary N) is 1. The third-order valence-corrected chi connectivity index (χ3v) is 12.5. The number of ether oxygens (including phenoxy) is 4. The predicted molar refractivity (Wildman–Crippen MR) is 212 cm³/mol. The van der Waals surface area contributed by atoms with Gasteiger partial charge in [-0.1, -0.05) is 24.3 Å². The molecule has 0 saturated carbocycles. The Hall–Kier alpha value is -3.18. The van der Waals surface area contributed by atoms with Crippen molar-refractivity contribution in [1.29, 1.82) is 0 Å². The van der Waals surface area contributed by atoms with Gasteiger partial charge in [-0.3, -0.25) is 9.59 Å². The van der Waals surface area contributed by atoms with Gasteiger partial charge >= 0.3 is 0 Å². The average molecular weight is 747 g/mol. The van der Waals surface area contributed by atoms with Gasteiger partial charge in [0.25, 0.3) is 0 Å². The number of carbonyl (C=O) groups is 2. The molecule has 5 aliphatic rings. The molecule has 2 aromatic rings. The van der Waals surface area contributed by atoms with E-state index < -0.39 is 10.8 Å². The van der Waals surface area contributed by atoms with Gasteiger partial charge in [-0.2, -0.15) is 0 Å². The molecule has 0 radical (unpaired) electrons. The fourth-order valence-corrected chi connectivity index (χ4v) is 8.97. The molecule has 54 heavy (non-hydrogen) atoms. The van der Waals surface area contributed by atoms with Gasteiger partial charge in [-0.15, -0.1) is 0 Å². The quantitative estimate of drug-likeness (QED) is 0.206. The first-order valence-corrected chi connectivity index (χ1v) is 21.1. The Morgan fingerprint density at radius 3 is 1.37 bits per heavy atom. The summed E-state index contributed by atoms with van der Waals surface area (Å²) in [5.41, 5.74) is 6.80. The van der Waals surface area contributed by atoms with Crippen LogP contribution >= 0.6 is 0 Å². The van der Waals surface area contributed by atoms with Crippen LogP contribution in [0.3, 0.4) is 0 Å². The summed E-state index contributed by atoms with van der Waals surface area (Å²) in [5, 5.41) is 0. The number of unbranched alkanes of at least 4 members (excludes halogenated alkanes) is 2. The van der Waals surface area contributed by atoms with Crippen molar-refractivity contribution in [3.8, 4) is 11.5 Å². The van der Waals surface area contributed by atoms with E-state index in [0.29, 0.717) is 45.2 Å². The molecule has 0 spiro atoms. The fourth-order valence-electron chi connectivity index (χ4n) is 8.97. The SMILES string of the molecule is NC(=O)C1(c2ccc(OCCCCN3CCCC3)cc2)CCOCC1.O=C(N1CCCC1)C1(c2ccc(OCCCCN3CCCC3)cc2)CCOCC1. The second-order valence-corrected chi connectivity index (χ2v) is 16.0. The summed E-state index contributed by atoms with van der Waals surface area (Å²) in [6.07, 6.45) is 15.1. The molecule has 0 aromatic heterocycles. The number of hydrogen-bond donors (Lipinski definition) is 1. The highest BCUT2D eigenvalue weighted by Crippen LogP contribution is 2.39. The minimum Gasteiger partial charge on any atom is -0.494 e. The monoisotopic (exact) mass is 746 g/mol. The summed E-state index contributed by atoms with van der Waals surface area (Å²) in [6.45, 7) is 13.2. The number of benzene rings is 2. The topological polar surface area (TPSA) is 107 Å². The fraction of sp³-hybridized carbons (Fsp3) is 0.682. The molecule has 0 atom stereocenters. The van der Waals surface area contributed by atoms with Crippen molar-refractivity contribution in [2.75, 3.05) is 92.0 Å². The van der Waals surface area contributed by atoms with Gasteiger partial charge in [0.1, 0.15) is 11.5 Å². The summed E-state index contributed by atoms with van der Waals surface area (Å²) in [4.78, 5) is 32.6. The van der Waals surface area contributed by atoms with Crippen LogP contribution in [-0.4, -0.2) is 119 Å². The van der Waals surface area contributed by atoms with E-state index in [4.69, 9.17) is 24.7 Å². The van der Waals surface area contributed by atoms with Crippen molar-refractivity contribution >= 4 is 11.8 Å². The van der Waals surface area contributed by atoms with Crippen LogP contribution in [0, 0.1) is 0 Å². The summed E-state index contributed by atoms with van der Waals surface area (Å²) in [6, 6.07) is 16.2. The summed E-state index contributed by atoms with van der Waals surface area (Å²) in [7, 11) is 0. The van der Waals surface area contributed by atoms with Crippen molar-refractivity contribution in [3.05, 3.63) is 59.7 Å². The second kappa shape index (κ2) is 20.7. The van der Waals surface area contributed by atoms with E-state index in [1.165, 1.54) is 77.8 Å². The molecule has 2 amide bonds. The number of nitrogens with zero attached hydrogens (tertiary/aromatic N) is 3. The van der Waals surface area contributed by atoms with Crippen LogP contribution in [0.15, 0.2) is 48.5 Å². The normalized spacial score (nSPS) is 21.4. The Balaban J connectivity index is 0.000000186. The summed E-state index contributed by atoms with van der Waals surface area (Å²) in [5.74, 6) is 1.81. The Bertz CT molecular complexity index is 1410. The summed E-state index contributed by atoms with van der Waals surface area (Å²) >= 11 is 0.